The molecule has 1 aromatic carbocycles. The minimum absolute atomic E-state index is 0.0813. The summed E-state index contributed by atoms with van der Waals surface area (Å²) in [7, 11) is 0. The zero-order valence-corrected chi connectivity index (χ0v) is 11.4. The summed E-state index contributed by atoms with van der Waals surface area (Å²) in [4.78, 5) is 10.4. The Bertz CT molecular complexity index is 545. The summed E-state index contributed by atoms with van der Waals surface area (Å²) in [5.74, 6) is 0. The van der Waals surface area contributed by atoms with Crippen molar-refractivity contribution in [1.29, 1.82) is 5.26 Å². The fraction of sp³-hybridized carbons (Fsp3) is 0.500. The predicted molar refractivity (Wildman–Crippen MR) is 74.5 cm³/mol. The van der Waals surface area contributed by atoms with Crippen molar-refractivity contribution < 1.29 is 9.66 Å². The predicted octanol–water partition coefficient (Wildman–Crippen LogP) is 2.70. The fourth-order valence-electron chi connectivity index (χ4n) is 2.24. The molecule has 1 aliphatic heterocycles. The third-order valence-corrected chi connectivity index (χ3v) is 3.73. The number of rotatable bonds is 4. The molecular formula is C14H17N3O3. The van der Waals surface area contributed by atoms with Gasteiger partial charge < -0.3 is 10.1 Å². The molecule has 0 radical (unpaired) electrons. The summed E-state index contributed by atoms with van der Waals surface area (Å²) in [6, 6.07) is 6.43. The molecular weight excluding hydrogens is 258 g/mol. The summed E-state index contributed by atoms with van der Waals surface area (Å²) in [6.45, 7) is 4.43. The van der Waals surface area contributed by atoms with Crippen molar-refractivity contribution in [2.45, 2.75) is 19.8 Å². The van der Waals surface area contributed by atoms with E-state index >= 15 is 0 Å². The SMILES string of the molecule is CC1(CNc2ccc(C#N)c([N+](=O)[O-])c2)CCOCC1. The van der Waals surface area contributed by atoms with Gasteiger partial charge in [0.25, 0.3) is 5.69 Å². The molecule has 0 saturated carbocycles. The number of benzene rings is 1. The first-order valence-electron chi connectivity index (χ1n) is 6.54. The van der Waals surface area contributed by atoms with Gasteiger partial charge in [0, 0.05) is 31.5 Å². The average Bonchev–Trinajstić information content (AvgIpc) is 2.45. The van der Waals surface area contributed by atoms with Crippen molar-refractivity contribution in [2.75, 3.05) is 25.1 Å². The van der Waals surface area contributed by atoms with Gasteiger partial charge in [-0.15, -0.1) is 0 Å². The molecule has 1 fully saturated rings. The molecule has 6 heteroatoms. The first-order valence-corrected chi connectivity index (χ1v) is 6.54. The van der Waals surface area contributed by atoms with Crippen molar-refractivity contribution >= 4 is 11.4 Å². The highest BCUT2D eigenvalue weighted by molar-refractivity contribution is 5.59. The van der Waals surface area contributed by atoms with Crippen molar-refractivity contribution in [2.24, 2.45) is 5.41 Å². The van der Waals surface area contributed by atoms with Gasteiger partial charge in [0.05, 0.1) is 4.92 Å². The van der Waals surface area contributed by atoms with Crippen LogP contribution < -0.4 is 5.32 Å². The van der Waals surface area contributed by atoms with Crippen molar-refractivity contribution in [3.63, 3.8) is 0 Å². The zero-order valence-electron chi connectivity index (χ0n) is 11.4. The molecule has 1 aliphatic rings. The van der Waals surface area contributed by atoms with E-state index in [1.54, 1.807) is 6.07 Å². The van der Waals surface area contributed by atoms with E-state index in [0.717, 1.165) is 32.6 Å². The molecule has 6 nitrogen and oxygen atoms in total. The largest absolute Gasteiger partial charge is 0.384 e. The highest BCUT2D eigenvalue weighted by atomic mass is 16.6. The molecule has 0 aliphatic carbocycles. The Morgan fingerprint density at radius 1 is 1.50 bits per heavy atom. The molecule has 0 bridgehead atoms. The maximum Gasteiger partial charge on any atom is 0.289 e. The monoisotopic (exact) mass is 275 g/mol. The van der Waals surface area contributed by atoms with Gasteiger partial charge in [-0.1, -0.05) is 6.92 Å². The summed E-state index contributed by atoms with van der Waals surface area (Å²) < 4.78 is 5.34. The van der Waals surface area contributed by atoms with Crippen molar-refractivity contribution in [3.05, 3.63) is 33.9 Å². The quantitative estimate of drug-likeness (QED) is 0.674. The number of nitro groups is 1. The number of ether oxygens (including phenoxy) is 1. The van der Waals surface area contributed by atoms with Crippen LogP contribution in [0.2, 0.25) is 0 Å². The molecule has 0 amide bonds. The number of hydrogen-bond acceptors (Lipinski definition) is 5. The standard InChI is InChI=1S/C14H17N3O3/c1-14(4-6-20-7-5-14)10-16-12-3-2-11(9-15)13(8-12)17(18)19/h2-3,8,16H,4-7,10H2,1H3. The Morgan fingerprint density at radius 3 is 2.80 bits per heavy atom. The molecule has 1 N–H and O–H groups in total. The van der Waals surface area contributed by atoms with Crippen molar-refractivity contribution in [1.82, 2.24) is 0 Å². The minimum Gasteiger partial charge on any atom is -0.384 e. The van der Waals surface area contributed by atoms with E-state index in [4.69, 9.17) is 10.00 Å². The first kappa shape index (κ1) is 14.3. The molecule has 1 heterocycles. The van der Waals surface area contributed by atoms with E-state index in [1.807, 2.05) is 6.07 Å². The zero-order chi connectivity index (χ0) is 14.6. The summed E-state index contributed by atoms with van der Waals surface area (Å²) in [5, 5.41) is 23.0. The highest BCUT2D eigenvalue weighted by Gasteiger charge is 2.27. The Labute approximate surface area is 117 Å². The smallest absolute Gasteiger partial charge is 0.289 e. The van der Waals surface area contributed by atoms with Gasteiger partial charge in [-0.3, -0.25) is 10.1 Å². The lowest BCUT2D eigenvalue weighted by molar-refractivity contribution is -0.385. The second kappa shape index (κ2) is 5.88. The van der Waals surface area contributed by atoms with Crippen LogP contribution in [0, 0.1) is 26.9 Å². The Hall–Kier alpha value is -2.13. The molecule has 0 aromatic heterocycles. The molecule has 0 unspecified atom stereocenters. The Balaban J connectivity index is 2.08. The Kier molecular flexibility index (Phi) is 4.20. The van der Waals surface area contributed by atoms with E-state index in [9.17, 15) is 10.1 Å². The van der Waals surface area contributed by atoms with Crippen LogP contribution in [0.15, 0.2) is 18.2 Å². The average molecular weight is 275 g/mol. The highest BCUT2D eigenvalue weighted by Crippen LogP contribution is 2.30. The van der Waals surface area contributed by atoms with Crippen LogP contribution >= 0.6 is 0 Å². The second-order valence-electron chi connectivity index (χ2n) is 5.38. The molecule has 1 saturated heterocycles. The van der Waals surface area contributed by atoms with E-state index in [-0.39, 0.29) is 16.7 Å². The number of nitrogens with zero attached hydrogens (tertiary/aromatic N) is 2. The summed E-state index contributed by atoms with van der Waals surface area (Å²) >= 11 is 0. The van der Waals surface area contributed by atoms with Crippen LogP contribution in [0.1, 0.15) is 25.3 Å². The Morgan fingerprint density at radius 2 is 2.20 bits per heavy atom. The van der Waals surface area contributed by atoms with Gasteiger partial charge in [-0.2, -0.15) is 5.26 Å². The molecule has 20 heavy (non-hydrogen) atoms. The third-order valence-electron chi connectivity index (χ3n) is 3.73. The van der Waals surface area contributed by atoms with Gasteiger partial charge >= 0.3 is 0 Å². The first-order chi connectivity index (χ1) is 9.54. The van der Waals surface area contributed by atoms with Crippen LogP contribution in [0.25, 0.3) is 0 Å². The number of hydrogen-bond donors (Lipinski definition) is 1. The number of nitro benzene ring substituents is 1. The lowest BCUT2D eigenvalue weighted by atomic mass is 9.82. The lowest BCUT2D eigenvalue weighted by Crippen LogP contribution is -2.33. The molecule has 0 spiro atoms. The van der Waals surface area contributed by atoms with Crippen LogP contribution in [0.3, 0.4) is 0 Å². The molecule has 1 aromatic rings. The fourth-order valence-corrected chi connectivity index (χ4v) is 2.24. The summed E-state index contributed by atoms with van der Waals surface area (Å²) in [6.07, 6.45) is 1.94. The van der Waals surface area contributed by atoms with Gasteiger partial charge in [-0.25, -0.2) is 0 Å². The van der Waals surface area contributed by atoms with Gasteiger partial charge in [0.15, 0.2) is 0 Å². The maximum absolute atomic E-state index is 10.9. The minimum atomic E-state index is -0.528. The van der Waals surface area contributed by atoms with Crippen LogP contribution in [-0.2, 0) is 4.74 Å². The van der Waals surface area contributed by atoms with Gasteiger partial charge in [0.1, 0.15) is 11.6 Å². The topological polar surface area (TPSA) is 88.2 Å². The normalized spacial score (nSPS) is 17.2. The number of nitrogens with one attached hydrogen (secondary N) is 1. The van der Waals surface area contributed by atoms with Crippen LogP contribution in [0.5, 0.6) is 0 Å². The summed E-state index contributed by atoms with van der Waals surface area (Å²) in [5.41, 5.74) is 0.733. The maximum atomic E-state index is 10.9. The third kappa shape index (κ3) is 3.25. The van der Waals surface area contributed by atoms with E-state index in [1.165, 1.54) is 12.1 Å². The van der Waals surface area contributed by atoms with Crippen molar-refractivity contribution in [3.8, 4) is 6.07 Å². The molecule has 0 atom stereocenters. The van der Waals surface area contributed by atoms with E-state index < -0.39 is 4.92 Å². The second-order valence-corrected chi connectivity index (χ2v) is 5.38. The van der Waals surface area contributed by atoms with E-state index in [0.29, 0.717) is 5.69 Å². The number of nitriles is 1. The van der Waals surface area contributed by atoms with Gasteiger partial charge in [-0.05, 0) is 30.4 Å². The number of anilines is 1. The van der Waals surface area contributed by atoms with Crippen LogP contribution in [-0.4, -0.2) is 24.7 Å². The molecule has 2 rings (SSSR count). The molecule has 106 valence electrons. The lowest BCUT2D eigenvalue weighted by Gasteiger charge is -2.33. The van der Waals surface area contributed by atoms with E-state index in [2.05, 4.69) is 12.2 Å². The van der Waals surface area contributed by atoms with Crippen LogP contribution in [0.4, 0.5) is 11.4 Å². The van der Waals surface area contributed by atoms with Gasteiger partial charge in [0.2, 0.25) is 0 Å².